The molecular weight excluding hydrogens is 202 g/mol. The number of nitrogens with zero attached hydrogens (tertiary/aromatic N) is 1. The van der Waals surface area contributed by atoms with Crippen molar-refractivity contribution >= 4 is 34.8 Å². The number of aromatic nitrogens is 1. The lowest BCUT2D eigenvalue weighted by Gasteiger charge is -2.00. The van der Waals surface area contributed by atoms with Gasteiger partial charge in [0, 0.05) is 11.4 Å². The second-order valence-electron chi connectivity index (χ2n) is 2.33. The Morgan fingerprint density at radius 3 is 2.60 bits per heavy atom. The summed E-state index contributed by atoms with van der Waals surface area (Å²) in [5.41, 5.74) is 2.29. The Labute approximate surface area is 76.8 Å². The third kappa shape index (κ3) is 1.94. The summed E-state index contributed by atoms with van der Waals surface area (Å²) >= 11 is 3.33. The number of rotatable bonds is 1. The summed E-state index contributed by atoms with van der Waals surface area (Å²) in [7, 11) is 0. The fourth-order valence-electron chi connectivity index (χ4n) is 0.857. The van der Waals surface area contributed by atoms with Crippen LogP contribution in [0.5, 0.6) is 0 Å². The summed E-state index contributed by atoms with van der Waals surface area (Å²) in [5.74, 6) is 0. The molecule has 0 spiro atoms. The van der Waals surface area contributed by atoms with Crippen LogP contribution in [-0.2, 0) is 0 Å². The lowest BCUT2D eigenvalue weighted by atomic mass is 10.3. The van der Waals surface area contributed by atoms with Gasteiger partial charge in [0.25, 0.3) is 0 Å². The zero-order valence-electron chi connectivity index (χ0n) is 6.19. The van der Waals surface area contributed by atoms with Crippen molar-refractivity contribution in [3.05, 3.63) is 23.5 Å². The van der Waals surface area contributed by atoms with Crippen LogP contribution >= 0.6 is 12.9 Å². The van der Waals surface area contributed by atoms with Gasteiger partial charge in [0.05, 0.1) is 0 Å². The molecule has 0 bridgehead atoms. The Morgan fingerprint density at radius 1 is 1.40 bits per heavy atom. The molecule has 0 unspecified atom stereocenters. The minimum Gasteiger partial charge on any atom is -0.296 e. The largest absolute Gasteiger partial charge is 0.509 e. The molecule has 0 fully saturated rings. The van der Waals surface area contributed by atoms with E-state index in [1.165, 1.54) is 9.39 Å². The van der Waals surface area contributed by atoms with E-state index in [9.17, 15) is 0 Å². The SMILES string of the molecule is Cc1cc[c]([Mg][Br])c(C)n1. The van der Waals surface area contributed by atoms with E-state index >= 15 is 0 Å². The molecule has 0 aliphatic carbocycles. The summed E-state index contributed by atoms with van der Waals surface area (Å²) in [6, 6.07) is 4.23. The van der Waals surface area contributed by atoms with Gasteiger partial charge in [-0.15, -0.1) is 3.69 Å². The molecule has 50 valence electrons. The second kappa shape index (κ2) is 3.69. The van der Waals surface area contributed by atoms with Crippen molar-refractivity contribution in [1.82, 2.24) is 4.98 Å². The van der Waals surface area contributed by atoms with Crippen molar-refractivity contribution < 1.29 is 0 Å². The van der Waals surface area contributed by atoms with E-state index in [1.54, 1.807) is 0 Å². The Kier molecular flexibility index (Phi) is 3.13. The second-order valence-corrected chi connectivity index (χ2v) is 5.04. The van der Waals surface area contributed by atoms with Crippen LogP contribution in [0.25, 0.3) is 0 Å². The lowest BCUT2D eigenvalue weighted by molar-refractivity contribution is 1.14. The fraction of sp³-hybridized carbons (Fsp3) is 0.286. The Bertz CT molecular complexity index is 237. The van der Waals surface area contributed by atoms with E-state index in [-0.39, 0.29) is 18.2 Å². The maximum absolute atomic E-state index is 4.35. The zero-order chi connectivity index (χ0) is 7.56. The molecule has 0 saturated carbocycles. The van der Waals surface area contributed by atoms with Gasteiger partial charge in [0.1, 0.15) is 0 Å². The highest BCUT2D eigenvalue weighted by atomic mass is 79.9. The first-order chi connectivity index (χ1) is 4.74. The van der Waals surface area contributed by atoms with Gasteiger partial charge in [-0.2, -0.15) is 0 Å². The predicted molar refractivity (Wildman–Crippen MR) is 48.0 cm³/mol. The van der Waals surface area contributed by atoms with Crippen LogP contribution < -0.4 is 3.69 Å². The Hall–Kier alpha value is 0.396. The monoisotopic (exact) mass is 209 g/mol. The molecule has 1 rings (SSSR count). The maximum Gasteiger partial charge on any atom is 0.509 e. The molecule has 0 aliphatic rings. The average molecular weight is 210 g/mol. The van der Waals surface area contributed by atoms with Gasteiger partial charge in [-0.25, -0.2) is 0 Å². The minimum absolute atomic E-state index is 0.204. The minimum atomic E-state index is -0.204. The van der Waals surface area contributed by atoms with Crippen LogP contribution in [0.2, 0.25) is 0 Å². The van der Waals surface area contributed by atoms with Gasteiger partial charge >= 0.3 is 18.2 Å². The standard InChI is InChI=1S/C7H8N.BrH.Mg/c1-6-4-3-5-7(2)8-6;;/h3-4H,1-2H3;1H;/q;;+1/p-1. The third-order valence-electron chi connectivity index (χ3n) is 1.48. The molecule has 0 aliphatic heterocycles. The first kappa shape index (κ1) is 8.49. The quantitative estimate of drug-likeness (QED) is 0.637. The van der Waals surface area contributed by atoms with E-state index < -0.39 is 0 Å². The molecule has 0 N–H and O–H groups in total. The van der Waals surface area contributed by atoms with Gasteiger partial charge in [0.2, 0.25) is 0 Å². The maximum atomic E-state index is 4.35. The number of halogens is 1. The number of pyridine rings is 1. The summed E-state index contributed by atoms with van der Waals surface area (Å²) in [4.78, 5) is 4.35. The van der Waals surface area contributed by atoms with E-state index in [0.29, 0.717) is 0 Å². The van der Waals surface area contributed by atoms with Crippen LogP contribution in [0.1, 0.15) is 11.4 Å². The van der Waals surface area contributed by atoms with Crippen molar-refractivity contribution in [3.8, 4) is 0 Å². The van der Waals surface area contributed by atoms with Gasteiger partial charge < -0.3 is 0 Å². The third-order valence-corrected chi connectivity index (χ3v) is 4.33. The molecule has 3 heteroatoms. The highest BCUT2D eigenvalue weighted by molar-refractivity contribution is 9.23. The Morgan fingerprint density at radius 2 is 2.10 bits per heavy atom. The topological polar surface area (TPSA) is 12.9 Å². The van der Waals surface area contributed by atoms with Crippen LogP contribution in [0.15, 0.2) is 12.1 Å². The number of aryl methyl sites for hydroxylation is 2. The van der Waals surface area contributed by atoms with E-state index in [2.05, 4.69) is 36.9 Å². The van der Waals surface area contributed by atoms with Gasteiger partial charge in [0.15, 0.2) is 0 Å². The molecule has 0 saturated heterocycles. The molecule has 0 amide bonds. The van der Waals surface area contributed by atoms with Crippen LogP contribution in [0.4, 0.5) is 0 Å². The molecule has 1 heterocycles. The first-order valence-corrected chi connectivity index (χ1v) is 7.83. The fourth-order valence-corrected chi connectivity index (χ4v) is 3.11. The van der Waals surface area contributed by atoms with Crippen molar-refractivity contribution in [3.63, 3.8) is 0 Å². The highest BCUT2D eigenvalue weighted by Gasteiger charge is 1.99. The van der Waals surface area contributed by atoms with Crippen molar-refractivity contribution in [2.75, 3.05) is 0 Å². The predicted octanol–water partition coefficient (Wildman–Crippen LogP) is 1.34. The molecule has 0 radical (unpaired) electrons. The summed E-state index contributed by atoms with van der Waals surface area (Å²) < 4.78 is 1.41. The molecule has 1 aromatic rings. The van der Waals surface area contributed by atoms with Crippen LogP contribution in [-0.4, -0.2) is 23.2 Å². The zero-order valence-corrected chi connectivity index (χ0v) is 9.19. The summed E-state index contributed by atoms with van der Waals surface area (Å²) in [6.07, 6.45) is 0. The summed E-state index contributed by atoms with van der Waals surface area (Å²) in [6.45, 7) is 4.09. The molecule has 1 nitrogen and oxygen atoms in total. The number of hydrogen-bond donors (Lipinski definition) is 0. The van der Waals surface area contributed by atoms with Crippen LogP contribution in [0.3, 0.4) is 0 Å². The van der Waals surface area contributed by atoms with Gasteiger partial charge in [-0.3, -0.25) is 17.9 Å². The highest BCUT2D eigenvalue weighted by Crippen LogP contribution is 1.94. The molecular formula is C7H8BrMgN. The van der Waals surface area contributed by atoms with E-state index in [0.717, 1.165) is 5.69 Å². The molecule has 1 aromatic heterocycles. The van der Waals surface area contributed by atoms with Crippen LogP contribution in [0, 0.1) is 13.8 Å². The van der Waals surface area contributed by atoms with Crippen molar-refractivity contribution in [1.29, 1.82) is 0 Å². The lowest BCUT2D eigenvalue weighted by Crippen LogP contribution is -2.14. The first-order valence-electron chi connectivity index (χ1n) is 3.23. The molecule has 10 heavy (non-hydrogen) atoms. The van der Waals surface area contributed by atoms with Crippen molar-refractivity contribution in [2.45, 2.75) is 13.8 Å². The van der Waals surface area contributed by atoms with E-state index in [4.69, 9.17) is 0 Å². The normalized spacial score (nSPS) is 9.10. The van der Waals surface area contributed by atoms with Gasteiger partial charge in [-0.1, -0.05) is 6.07 Å². The Balaban J connectivity index is 3.07. The number of hydrogen-bond acceptors (Lipinski definition) is 1. The molecule has 0 atom stereocenters. The van der Waals surface area contributed by atoms with Crippen molar-refractivity contribution in [2.24, 2.45) is 0 Å². The smallest absolute Gasteiger partial charge is 0.296 e. The van der Waals surface area contributed by atoms with E-state index in [1.807, 2.05) is 6.92 Å². The summed E-state index contributed by atoms with van der Waals surface area (Å²) in [5, 5.41) is 0. The average Bonchev–Trinajstić information content (AvgIpc) is 1.88. The van der Waals surface area contributed by atoms with Gasteiger partial charge in [-0.05, 0) is 19.9 Å². The molecule has 0 aromatic carbocycles.